The highest BCUT2D eigenvalue weighted by molar-refractivity contribution is 5.89. The molecule has 1 aromatic heterocycles. The molecule has 1 fully saturated rings. The SMILES string of the molecule is Cc1ccc(CN[C@@H]2CCN(c3nc(C(N)=O)nc(C)c3C)C2)cc1. The first kappa shape index (κ1) is 17.4. The Morgan fingerprint density at radius 1 is 1.24 bits per heavy atom. The van der Waals surface area contributed by atoms with E-state index in [-0.39, 0.29) is 5.82 Å². The van der Waals surface area contributed by atoms with Gasteiger partial charge in [0.15, 0.2) is 0 Å². The number of primary amides is 1. The van der Waals surface area contributed by atoms with Gasteiger partial charge in [-0.25, -0.2) is 9.97 Å². The van der Waals surface area contributed by atoms with Crippen molar-refractivity contribution in [1.29, 1.82) is 0 Å². The van der Waals surface area contributed by atoms with Gasteiger partial charge in [0.25, 0.3) is 5.91 Å². The molecule has 3 rings (SSSR count). The molecule has 1 saturated heterocycles. The van der Waals surface area contributed by atoms with Gasteiger partial charge < -0.3 is 16.0 Å². The molecule has 3 N–H and O–H groups in total. The molecule has 1 atom stereocenters. The van der Waals surface area contributed by atoms with Crippen molar-refractivity contribution in [1.82, 2.24) is 15.3 Å². The minimum Gasteiger partial charge on any atom is -0.363 e. The highest BCUT2D eigenvalue weighted by Crippen LogP contribution is 2.24. The molecular formula is C19H25N5O. The normalized spacial score (nSPS) is 17.1. The van der Waals surface area contributed by atoms with Crippen molar-refractivity contribution in [2.24, 2.45) is 5.73 Å². The summed E-state index contributed by atoms with van der Waals surface area (Å²) in [6, 6.07) is 8.98. The number of aryl methyl sites for hydroxylation is 2. The van der Waals surface area contributed by atoms with Gasteiger partial charge >= 0.3 is 0 Å². The van der Waals surface area contributed by atoms with Crippen LogP contribution < -0.4 is 16.0 Å². The summed E-state index contributed by atoms with van der Waals surface area (Å²) < 4.78 is 0. The second-order valence-electron chi connectivity index (χ2n) is 6.74. The Bertz CT molecular complexity index is 772. The number of nitrogens with two attached hydrogens (primary N) is 1. The number of rotatable bonds is 5. The first-order valence-corrected chi connectivity index (χ1v) is 8.63. The molecule has 6 heteroatoms. The largest absolute Gasteiger partial charge is 0.363 e. The lowest BCUT2D eigenvalue weighted by Gasteiger charge is -2.21. The number of hydrogen-bond donors (Lipinski definition) is 2. The van der Waals surface area contributed by atoms with Crippen LogP contribution in [0.3, 0.4) is 0 Å². The van der Waals surface area contributed by atoms with Crippen LogP contribution in [0.4, 0.5) is 5.82 Å². The standard InChI is InChI=1S/C19H25N5O/c1-12-4-6-15(7-5-12)10-21-16-8-9-24(11-16)19-13(2)14(3)22-18(23-19)17(20)25/h4-7,16,21H,8-11H2,1-3H3,(H2,20,25)/t16-/m1/s1. The molecule has 1 amide bonds. The Kier molecular flexibility index (Phi) is 4.99. The predicted octanol–water partition coefficient (Wildman–Crippen LogP) is 1.87. The minimum atomic E-state index is -0.586. The number of amides is 1. The van der Waals surface area contributed by atoms with E-state index in [1.165, 1.54) is 11.1 Å². The number of nitrogens with zero attached hydrogens (tertiary/aromatic N) is 3. The predicted molar refractivity (Wildman–Crippen MR) is 98.7 cm³/mol. The summed E-state index contributed by atoms with van der Waals surface area (Å²) in [7, 11) is 0. The number of hydrogen-bond acceptors (Lipinski definition) is 5. The third-order valence-electron chi connectivity index (χ3n) is 4.79. The van der Waals surface area contributed by atoms with E-state index in [1.54, 1.807) is 0 Å². The van der Waals surface area contributed by atoms with Crippen LogP contribution >= 0.6 is 0 Å². The molecule has 2 aromatic rings. The number of carbonyl (C=O) groups is 1. The van der Waals surface area contributed by atoms with Crippen LogP contribution in [-0.4, -0.2) is 35.0 Å². The lowest BCUT2D eigenvalue weighted by atomic mass is 10.1. The van der Waals surface area contributed by atoms with Gasteiger partial charge in [-0.15, -0.1) is 0 Å². The van der Waals surface area contributed by atoms with Crippen LogP contribution in [0, 0.1) is 20.8 Å². The van der Waals surface area contributed by atoms with E-state index < -0.39 is 5.91 Å². The number of aromatic nitrogens is 2. The summed E-state index contributed by atoms with van der Waals surface area (Å²) in [5.74, 6) is 0.327. The van der Waals surface area contributed by atoms with Crippen LogP contribution in [-0.2, 0) is 6.54 Å². The number of benzene rings is 1. The molecule has 25 heavy (non-hydrogen) atoms. The summed E-state index contributed by atoms with van der Waals surface area (Å²) in [6.45, 7) is 8.59. The lowest BCUT2D eigenvalue weighted by molar-refractivity contribution is 0.0990. The molecule has 6 nitrogen and oxygen atoms in total. The molecule has 0 radical (unpaired) electrons. The maximum Gasteiger partial charge on any atom is 0.286 e. The van der Waals surface area contributed by atoms with Crippen molar-refractivity contribution in [2.75, 3.05) is 18.0 Å². The molecular weight excluding hydrogens is 314 g/mol. The molecule has 132 valence electrons. The number of anilines is 1. The minimum absolute atomic E-state index is 0.0918. The van der Waals surface area contributed by atoms with Gasteiger partial charge in [0.05, 0.1) is 0 Å². The highest BCUT2D eigenvalue weighted by Gasteiger charge is 2.26. The summed E-state index contributed by atoms with van der Waals surface area (Å²) in [4.78, 5) is 22.2. The summed E-state index contributed by atoms with van der Waals surface area (Å²) >= 11 is 0. The fourth-order valence-electron chi connectivity index (χ4n) is 3.12. The van der Waals surface area contributed by atoms with Crippen molar-refractivity contribution in [3.8, 4) is 0 Å². The van der Waals surface area contributed by atoms with Crippen LogP contribution in [0.25, 0.3) is 0 Å². The molecule has 2 heterocycles. The van der Waals surface area contributed by atoms with E-state index in [9.17, 15) is 4.79 Å². The first-order chi connectivity index (χ1) is 11.9. The zero-order valence-electron chi connectivity index (χ0n) is 15.0. The van der Waals surface area contributed by atoms with Crippen LogP contribution in [0.2, 0.25) is 0 Å². The molecule has 0 bridgehead atoms. The van der Waals surface area contributed by atoms with Gasteiger partial charge in [0.1, 0.15) is 5.82 Å². The van der Waals surface area contributed by atoms with Gasteiger partial charge in [0.2, 0.25) is 5.82 Å². The monoisotopic (exact) mass is 339 g/mol. The molecule has 0 aliphatic carbocycles. The van der Waals surface area contributed by atoms with Crippen molar-refractivity contribution >= 4 is 11.7 Å². The Morgan fingerprint density at radius 3 is 2.64 bits per heavy atom. The average molecular weight is 339 g/mol. The third kappa shape index (κ3) is 3.96. The average Bonchev–Trinajstić information content (AvgIpc) is 3.05. The van der Waals surface area contributed by atoms with E-state index in [4.69, 9.17) is 5.73 Å². The van der Waals surface area contributed by atoms with Crippen molar-refractivity contribution in [3.05, 3.63) is 52.5 Å². The van der Waals surface area contributed by atoms with E-state index in [2.05, 4.69) is 51.4 Å². The zero-order chi connectivity index (χ0) is 18.0. The first-order valence-electron chi connectivity index (χ1n) is 8.63. The Balaban J connectivity index is 1.66. The molecule has 1 aromatic carbocycles. The molecule has 0 spiro atoms. The second kappa shape index (κ2) is 7.19. The van der Waals surface area contributed by atoms with Gasteiger partial charge in [-0.1, -0.05) is 29.8 Å². The lowest BCUT2D eigenvalue weighted by Crippen LogP contribution is -2.33. The Labute approximate surface area is 148 Å². The Morgan fingerprint density at radius 2 is 1.96 bits per heavy atom. The molecule has 1 aliphatic rings. The topological polar surface area (TPSA) is 84.1 Å². The fourth-order valence-corrected chi connectivity index (χ4v) is 3.12. The Hall–Kier alpha value is -2.47. The van der Waals surface area contributed by atoms with Gasteiger partial charge in [-0.05, 0) is 32.8 Å². The second-order valence-corrected chi connectivity index (χ2v) is 6.74. The van der Waals surface area contributed by atoms with E-state index in [0.29, 0.717) is 6.04 Å². The van der Waals surface area contributed by atoms with Gasteiger partial charge in [0, 0.05) is 36.9 Å². The molecule has 1 aliphatic heterocycles. The maximum absolute atomic E-state index is 11.4. The van der Waals surface area contributed by atoms with Crippen LogP contribution in [0.5, 0.6) is 0 Å². The molecule has 0 unspecified atom stereocenters. The van der Waals surface area contributed by atoms with Gasteiger partial charge in [-0.3, -0.25) is 4.79 Å². The van der Waals surface area contributed by atoms with Crippen molar-refractivity contribution in [3.63, 3.8) is 0 Å². The van der Waals surface area contributed by atoms with Crippen molar-refractivity contribution in [2.45, 2.75) is 39.8 Å². The van der Waals surface area contributed by atoms with Crippen LogP contribution in [0.15, 0.2) is 24.3 Å². The number of carbonyl (C=O) groups excluding carboxylic acids is 1. The summed E-state index contributed by atoms with van der Waals surface area (Å²) in [5.41, 5.74) is 9.72. The van der Waals surface area contributed by atoms with E-state index in [0.717, 1.165) is 43.1 Å². The summed E-state index contributed by atoms with van der Waals surface area (Å²) in [5, 5.41) is 3.61. The quantitative estimate of drug-likeness (QED) is 0.869. The molecule has 0 saturated carbocycles. The third-order valence-corrected chi connectivity index (χ3v) is 4.79. The van der Waals surface area contributed by atoms with Crippen LogP contribution in [0.1, 0.15) is 39.4 Å². The van der Waals surface area contributed by atoms with Crippen molar-refractivity contribution < 1.29 is 4.79 Å². The highest BCUT2D eigenvalue weighted by atomic mass is 16.1. The smallest absolute Gasteiger partial charge is 0.286 e. The number of nitrogens with one attached hydrogen (secondary N) is 1. The van der Waals surface area contributed by atoms with E-state index in [1.807, 2.05) is 13.8 Å². The van der Waals surface area contributed by atoms with Gasteiger partial charge in [-0.2, -0.15) is 0 Å². The maximum atomic E-state index is 11.4. The zero-order valence-corrected chi connectivity index (χ0v) is 15.0. The fraction of sp³-hybridized carbons (Fsp3) is 0.421. The summed E-state index contributed by atoms with van der Waals surface area (Å²) in [6.07, 6.45) is 1.04. The van der Waals surface area contributed by atoms with E-state index >= 15 is 0 Å².